The number of hydrogen-bond acceptors (Lipinski definition) is 4. The van der Waals surface area contributed by atoms with E-state index in [1.165, 1.54) is 0 Å². The fourth-order valence-corrected chi connectivity index (χ4v) is 2.92. The molecule has 9 heteroatoms. The minimum Gasteiger partial charge on any atom is -0.444 e. The predicted molar refractivity (Wildman–Crippen MR) is 129 cm³/mol. The summed E-state index contributed by atoms with van der Waals surface area (Å²) in [4.78, 5) is 26.1. The first-order valence-electron chi connectivity index (χ1n) is 9.96. The van der Waals surface area contributed by atoms with Gasteiger partial charge in [-0.15, -0.1) is 24.0 Å². The third-order valence-corrected chi connectivity index (χ3v) is 4.32. The van der Waals surface area contributed by atoms with Crippen LogP contribution in [-0.4, -0.2) is 58.2 Å². The van der Waals surface area contributed by atoms with Crippen LogP contribution in [0.4, 0.5) is 4.79 Å². The van der Waals surface area contributed by atoms with Crippen LogP contribution in [0.5, 0.6) is 0 Å². The number of rotatable bonds is 5. The van der Waals surface area contributed by atoms with Gasteiger partial charge >= 0.3 is 6.09 Å². The third-order valence-electron chi connectivity index (χ3n) is 4.32. The molecular formula is C21H31IN6O2. The maximum atomic E-state index is 12.0. The largest absolute Gasteiger partial charge is 0.444 e. The Morgan fingerprint density at radius 2 is 2.00 bits per heavy atom. The summed E-state index contributed by atoms with van der Waals surface area (Å²) in [6.45, 7) is 10.0. The summed E-state index contributed by atoms with van der Waals surface area (Å²) >= 11 is 0. The highest BCUT2D eigenvalue weighted by Gasteiger charge is 2.34. The number of aliphatic imine (C=N–C) groups is 1. The lowest BCUT2D eigenvalue weighted by atomic mass is 10.1. The van der Waals surface area contributed by atoms with Crippen molar-refractivity contribution in [3.8, 4) is 11.3 Å². The SMILES string of the molecule is CCNC(=NCc1ncc(-c2ccccc2)[nH]1)NC1CN(C(=O)OC(C)(C)C)C1.I. The number of nitrogens with one attached hydrogen (secondary N) is 3. The molecule has 3 rings (SSSR count). The molecule has 1 aliphatic rings. The van der Waals surface area contributed by atoms with E-state index in [4.69, 9.17) is 4.74 Å². The second-order valence-corrected chi connectivity index (χ2v) is 8.03. The molecule has 0 unspecified atom stereocenters. The number of aromatic amines is 1. The Hall–Kier alpha value is -2.30. The van der Waals surface area contributed by atoms with Gasteiger partial charge in [0.25, 0.3) is 0 Å². The summed E-state index contributed by atoms with van der Waals surface area (Å²) in [7, 11) is 0. The molecule has 0 bridgehead atoms. The molecular weight excluding hydrogens is 495 g/mol. The van der Waals surface area contributed by atoms with Crippen LogP contribution in [0.1, 0.15) is 33.5 Å². The van der Waals surface area contributed by atoms with E-state index in [0.29, 0.717) is 25.6 Å². The predicted octanol–water partition coefficient (Wildman–Crippen LogP) is 3.37. The second-order valence-electron chi connectivity index (χ2n) is 8.03. The normalized spacial score (nSPS) is 14.5. The van der Waals surface area contributed by atoms with Gasteiger partial charge in [-0.3, -0.25) is 0 Å². The zero-order valence-electron chi connectivity index (χ0n) is 17.9. The van der Waals surface area contributed by atoms with Gasteiger partial charge in [-0.25, -0.2) is 14.8 Å². The molecule has 0 aliphatic carbocycles. The lowest BCUT2D eigenvalue weighted by Crippen LogP contribution is -2.63. The Labute approximate surface area is 194 Å². The highest BCUT2D eigenvalue weighted by molar-refractivity contribution is 14.0. The second kappa shape index (κ2) is 10.6. The number of ether oxygens (including phenoxy) is 1. The van der Waals surface area contributed by atoms with Gasteiger partial charge in [0.15, 0.2) is 5.96 Å². The van der Waals surface area contributed by atoms with Crippen molar-refractivity contribution in [2.24, 2.45) is 4.99 Å². The summed E-state index contributed by atoms with van der Waals surface area (Å²) in [5, 5.41) is 6.59. The van der Waals surface area contributed by atoms with Gasteiger partial charge in [-0.1, -0.05) is 30.3 Å². The number of carbonyl (C=O) groups is 1. The Morgan fingerprint density at radius 1 is 1.30 bits per heavy atom. The molecule has 3 N–H and O–H groups in total. The number of guanidine groups is 1. The van der Waals surface area contributed by atoms with Crippen LogP contribution in [0.15, 0.2) is 41.5 Å². The molecule has 164 valence electrons. The van der Waals surface area contributed by atoms with Crippen molar-refractivity contribution in [2.45, 2.75) is 45.9 Å². The van der Waals surface area contributed by atoms with Crippen LogP contribution >= 0.6 is 24.0 Å². The first kappa shape index (κ1) is 24.0. The van der Waals surface area contributed by atoms with Crippen molar-refractivity contribution >= 4 is 36.0 Å². The molecule has 2 heterocycles. The molecule has 1 saturated heterocycles. The Bertz CT molecular complexity index is 841. The monoisotopic (exact) mass is 526 g/mol. The number of carbonyl (C=O) groups excluding carboxylic acids is 1. The van der Waals surface area contributed by atoms with E-state index in [1.807, 2.05) is 64.2 Å². The fourth-order valence-electron chi connectivity index (χ4n) is 2.92. The molecule has 1 aliphatic heterocycles. The van der Waals surface area contributed by atoms with Gasteiger partial charge in [-0.05, 0) is 33.3 Å². The maximum Gasteiger partial charge on any atom is 0.410 e. The molecule has 2 aromatic rings. The zero-order chi connectivity index (χ0) is 20.9. The molecule has 0 atom stereocenters. The molecule has 8 nitrogen and oxygen atoms in total. The quantitative estimate of drug-likeness (QED) is 0.316. The van der Waals surface area contributed by atoms with Crippen LogP contribution in [0.3, 0.4) is 0 Å². The van der Waals surface area contributed by atoms with Gasteiger partial charge in [0, 0.05) is 19.6 Å². The minimum absolute atomic E-state index is 0. The Kier molecular flexibility index (Phi) is 8.51. The number of nitrogens with zero attached hydrogens (tertiary/aromatic N) is 3. The average molecular weight is 526 g/mol. The average Bonchev–Trinajstić information content (AvgIpc) is 3.10. The fraction of sp³-hybridized carbons (Fsp3) is 0.476. The molecule has 1 amide bonds. The highest BCUT2D eigenvalue weighted by atomic mass is 127. The molecule has 0 saturated carbocycles. The number of imidazole rings is 1. The van der Waals surface area contributed by atoms with E-state index in [2.05, 4.69) is 25.6 Å². The summed E-state index contributed by atoms with van der Waals surface area (Å²) in [5.41, 5.74) is 1.59. The number of amides is 1. The number of benzene rings is 1. The summed E-state index contributed by atoms with van der Waals surface area (Å²) in [6.07, 6.45) is 1.55. The van der Waals surface area contributed by atoms with Crippen molar-refractivity contribution in [3.63, 3.8) is 0 Å². The van der Waals surface area contributed by atoms with E-state index in [1.54, 1.807) is 4.90 Å². The number of halogens is 1. The first-order chi connectivity index (χ1) is 13.8. The van der Waals surface area contributed by atoms with Crippen molar-refractivity contribution in [1.82, 2.24) is 25.5 Å². The summed E-state index contributed by atoms with van der Waals surface area (Å²) in [6, 6.07) is 10.2. The molecule has 0 spiro atoms. The van der Waals surface area contributed by atoms with Crippen LogP contribution in [0.25, 0.3) is 11.3 Å². The van der Waals surface area contributed by atoms with Gasteiger partial charge < -0.3 is 25.3 Å². The van der Waals surface area contributed by atoms with Gasteiger partial charge in [-0.2, -0.15) is 0 Å². The van der Waals surface area contributed by atoms with Crippen LogP contribution < -0.4 is 10.6 Å². The van der Waals surface area contributed by atoms with Gasteiger partial charge in [0.1, 0.15) is 18.0 Å². The molecule has 1 fully saturated rings. The zero-order valence-corrected chi connectivity index (χ0v) is 20.3. The van der Waals surface area contributed by atoms with Crippen LogP contribution in [-0.2, 0) is 11.3 Å². The number of hydrogen-bond donors (Lipinski definition) is 3. The molecule has 1 aromatic heterocycles. The standard InChI is InChI=1S/C21H30N6O2.HI/c1-5-22-19(25-16-13-27(14-16)20(28)29-21(2,3)4)24-12-18-23-11-17(26-18)15-9-7-6-8-10-15;/h6-11,16H,5,12-14H2,1-4H3,(H,23,26)(H2,22,24,25);1H. The van der Waals surface area contributed by atoms with E-state index in [9.17, 15) is 4.79 Å². The molecule has 1 aromatic carbocycles. The van der Waals surface area contributed by atoms with Crippen LogP contribution in [0.2, 0.25) is 0 Å². The topological polar surface area (TPSA) is 94.6 Å². The third kappa shape index (κ3) is 6.89. The molecule has 30 heavy (non-hydrogen) atoms. The van der Waals surface area contributed by atoms with Crippen molar-refractivity contribution in [1.29, 1.82) is 0 Å². The Balaban J connectivity index is 0.00000320. The highest BCUT2D eigenvalue weighted by Crippen LogP contribution is 2.17. The first-order valence-corrected chi connectivity index (χ1v) is 9.96. The van der Waals surface area contributed by atoms with E-state index in [0.717, 1.165) is 23.6 Å². The van der Waals surface area contributed by atoms with E-state index >= 15 is 0 Å². The maximum absolute atomic E-state index is 12.0. The lowest BCUT2D eigenvalue weighted by molar-refractivity contribution is 0.00701. The summed E-state index contributed by atoms with van der Waals surface area (Å²) < 4.78 is 5.39. The summed E-state index contributed by atoms with van der Waals surface area (Å²) in [5.74, 6) is 1.50. The number of H-pyrrole nitrogens is 1. The van der Waals surface area contributed by atoms with E-state index in [-0.39, 0.29) is 36.1 Å². The lowest BCUT2D eigenvalue weighted by Gasteiger charge is -2.40. The van der Waals surface area contributed by atoms with Crippen molar-refractivity contribution < 1.29 is 9.53 Å². The van der Waals surface area contributed by atoms with Gasteiger partial charge in [0.2, 0.25) is 0 Å². The van der Waals surface area contributed by atoms with E-state index < -0.39 is 5.60 Å². The minimum atomic E-state index is -0.479. The number of likely N-dealkylation sites (tertiary alicyclic amines) is 1. The smallest absolute Gasteiger partial charge is 0.410 e. The van der Waals surface area contributed by atoms with Crippen molar-refractivity contribution in [3.05, 3.63) is 42.4 Å². The Morgan fingerprint density at radius 3 is 2.63 bits per heavy atom. The number of aromatic nitrogens is 2. The van der Waals surface area contributed by atoms with Gasteiger partial charge in [0.05, 0.1) is 17.9 Å². The molecule has 0 radical (unpaired) electrons. The van der Waals surface area contributed by atoms with Crippen molar-refractivity contribution in [2.75, 3.05) is 19.6 Å². The van der Waals surface area contributed by atoms with Crippen LogP contribution in [0, 0.1) is 0 Å².